The number of hydrogen-bond acceptors (Lipinski definition) is 4. The third kappa shape index (κ3) is 6.39. The van der Waals surface area contributed by atoms with Crippen molar-refractivity contribution in [3.05, 3.63) is 60.4 Å². The Balaban J connectivity index is 1.72. The van der Waals surface area contributed by atoms with Gasteiger partial charge in [0, 0.05) is 18.3 Å². The van der Waals surface area contributed by atoms with E-state index in [1.807, 2.05) is 30.3 Å². The maximum Gasteiger partial charge on any atom is 0.240 e. The Morgan fingerprint density at radius 3 is 2.58 bits per heavy atom. The molecule has 0 unspecified atom stereocenters. The summed E-state index contributed by atoms with van der Waals surface area (Å²) < 4.78 is 0. The number of carbonyl (C=O) groups excluding carboxylic acids is 2. The van der Waals surface area contributed by atoms with Crippen LogP contribution in [0.1, 0.15) is 25.3 Å². The van der Waals surface area contributed by atoms with Crippen LogP contribution in [-0.4, -0.2) is 22.5 Å². The molecule has 0 aliphatic carbocycles. The average Bonchev–Trinajstić information content (AvgIpc) is 2.60. The molecule has 0 bridgehead atoms. The number of nitrogens with zero attached hydrogens (tertiary/aromatic N) is 2. The molecule has 6 nitrogen and oxygen atoms in total. The molecule has 1 aromatic carbocycles. The molecule has 2 rings (SSSR count). The van der Waals surface area contributed by atoms with Gasteiger partial charge in [0.1, 0.15) is 0 Å². The first-order chi connectivity index (χ1) is 11.6. The molecule has 0 saturated heterocycles. The van der Waals surface area contributed by atoms with Crippen molar-refractivity contribution in [1.82, 2.24) is 10.4 Å². The molecule has 0 aliphatic heterocycles. The van der Waals surface area contributed by atoms with Gasteiger partial charge in [-0.25, -0.2) is 5.43 Å². The van der Waals surface area contributed by atoms with Crippen molar-refractivity contribution in [3.8, 4) is 0 Å². The minimum Gasteiger partial charge on any atom is -0.324 e. The van der Waals surface area contributed by atoms with Crippen LogP contribution in [0.5, 0.6) is 0 Å². The first kappa shape index (κ1) is 17.3. The van der Waals surface area contributed by atoms with Crippen molar-refractivity contribution in [3.63, 3.8) is 0 Å². The standard InChI is InChI=1S/C18H20N4O2/c1-14(12-18(24)20-16-8-5-11-19-13-16)21-22-17(23)10-9-15-6-3-2-4-7-15/h2-8,11,13H,9-10,12H2,1H3,(H,20,24)(H,22,23)/b21-14+. The molecule has 2 N–H and O–H groups in total. The molecule has 1 aromatic heterocycles. The summed E-state index contributed by atoms with van der Waals surface area (Å²) in [7, 11) is 0. The molecule has 6 heteroatoms. The van der Waals surface area contributed by atoms with Crippen LogP contribution < -0.4 is 10.7 Å². The van der Waals surface area contributed by atoms with E-state index in [9.17, 15) is 9.59 Å². The number of benzene rings is 1. The van der Waals surface area contributed by atoms with Crippen molar-refractivity contribution < 1.29 is 9.59 Å². The Morgan fingerprint density at radius 1 is 1.08 bits per heavy atom. The number of anilines is 1. The summed E-state index contributed by atoms with van der Waals surface area (Å²) in [6, 6.07) is 13.3. The van der Waals surface area contributed by atoms with Gasteiger partial charge in [-0.2, -0.15) is 5.10 Å². The molecule has 2 amide bonds. The SMILES string of the molecule is C/C(CC(=O)Nc1cccnc1)=N\NC(=O)CCc1ccccc1. The normalized spacial score (nSPS) is 11.0. The van der Waals surface area contributed by atoms with Crippen LogP contribution in [0, 0.1) is 0 Å². The van der Waals surface area contributed by atoms with Gasteiger partial charge in [-0.1, -0.05) is 30.3 Å². The van der Waals surface area contributed by atoms with Gasteiger partial charge in [-0.05, 0) is 31.0 Å². The second-order valence-corrected chi connectivity index (χ2v) is 5.33. The summed E-state index contributed by atoms with van der Waals surface area (Å²) in [5.41, 5.74) is 4.74. The molecule has 0 spiro atoms. The summed E-state index contributed by atoms with van der Waals surface area (Å²) in [6.45, 7) is 1.69. The number of aromatic nitrogens is 1. The van der Waals surface area contributed by atoms with Crippen molar-refractivity contribution in [2.45, 2.75) is 26.2 Å². The third-order valence-corrected chi connectivity index (χ3v) is 3.22. The van der Waals surface area contributed by atoms with E-state index in [2.05, 4.69) is 20.8 Å². The predicted molar refractivity (Wildman–Crippen MR) is 93.5 cm³/mol. The first-order valence-electron chi connectivity index (χ1n) is 7.69. The van der Waals surface area contributed by atoms with Crippen LogP contribution in [-0.2, 0) is 16.0 Å². The van der Waals surface area contributed by atoms with Gasteiger partial charge in [-0.3, -0.25) is 14.6 Å². The maximum atomic E-state index is 11.8. The zero-order valence-corrected chi connectivity index (χ0v) is 13.5. The predicted octanol–water partition coefficient (Wildman–Crippen LogP) is 2.54. The fourth-order valence-electron chi connectivity index (χ4n) is 2.03. The van der Waals surface area contributed by atoms with Crippen molar-refractivity contribution in [2.75, 3.05) is 5.32 Å². The molecule has 1 heterocycles. The van der Waals surface area contributed by atoms with E-state index in [1.54, 1.807) is 31.5 Å². The van der Waals surface area contributed by atoms with Crippen molar-refractivity contribution >= 4 is 23.2 Å². The molecule has 124 valence electrons. The molecule has 2 aromatic rings. The van der Waals surface area contributed by atoms with Gasteiger partial charge in [-0.15, -0.1) is 0 Å². The van der Waals surface area contributed by atoms with E-state index >= 15 is 0 Å². The van der Waals surface area contributed by atoms with Gasteiger partial charge in [0.05, 0.1) is 18.3 Å². The lowest BCUT2D eigenvalue weighted by molar-refractivity contribution is -0.121. The van der Waals surface area contributed by atoms with E-state index in [0.717, 1.165) is 5.56 Å². The van der Waals surface area contributed by atoms with Crippen LogP contribution in [0.15, 0.2) is 60.0 Å². The molecule has 0 saturated carbocycles. The zero-order chi connectivity index (χ0) is 17.2. The monoisotopic (exact) mass is 324 g/mol. The summed E-state index contributed by atoms with van der Waals surface area (Å²) in [5.74, 6) is -0.381. The molecule has 0 fully saturated rings. The topological polar surface area (TPSA) is 83.4 Å². The number of hydrogen-bond donors (Lipinski definition) is 2. The Hall–Kier alpha value is -3.02. The van der Waals surface area contributed by atoms with Gasteiger partial charge in [0.15, 0.2) is 0 Å². The number of carbonyl (C=O) groups is 2. The Bertz CT molecular complexity index is 699. The molecular formula is C18H20N4O2. The van der Waals surface area contributed by atoms with Crippen LogP contribution in [0.2, 0.25) is 0 Å². The van der Waals surface area contributed by atoms with Gasteiger partial charge in [0.25, 0.3) is 0 Å². The summed E-state index contributed by atoms with van der Waals surface area (Å²) in [4.78, 5) is 27.5. The molecule has 0 aliphatic rings. The largest absolute Gasteiger partial charge is 0.324 e. The quantitative estimate of drug-likeness (QED) is 0.606. The summed E-state index contributed by atoms with van der Waals surface area (Å²) in [5, 5.41) is 6.67. The highest BCUT2D eigenvalue weighted by molar-refractivity contribution is 6.05. The summed E-state index contributed by atoms with van der Waals surface area (Å²) >= 11 is 0. The number of nitrogens with one attached hydrogen (secondary N) is 2. The Labute approximate surface area is 141 Å². The van der Waals surface area contributed by atoms with Crippen molar-refractivity contribution in [2.24, 2.45) is 5.10 Å². The van der Waals surface area contributed by atoms with E-state index < -0.39 is 0 Å². The minimum atomic E-state index is -0.206. The number of rotatable bonds is 7. The third-order valence-electron chi connectivity index (χ3n) is 3.22. The van der Waals surface area contributed by atoms with Crippen LogP contribution in [0.3, 0.4) is 0 Å². The fourth-order valence-corrected chi connectivity index (χ4v) is 2.03. The van der Waals surface area contributed by atoms with Crippen molar-refractivity contribution in [1.29, 1.82) is 0 Å². The second-order valence-electron chi connectivity index (χ2n) is 5.33. The van der Waals surface area contributed by atoms with E-state index in [4.69, 9.17) is 0 Å². The Kier molecular flexibility index (Phi) is 6.64. The van der Waals surface area contributed by atoms with Crippen LogP contribution in [0.4, 0.5) is 5.69 Å². The Morgan fingerprint density at radius 2 is 1.88 bits per heavy atom. The lowest BCUT2D eigenvalue weighted by atomic mass is 10.1. The molecular weight excluding hydrogens is 304 g/mol. The fraction of sp³-hybridized carbons (Fsp3) is 0.222. The highest BCUT2D eigenvalue weighted by Gasteiger charge is 2.06. The highest BCUT2D eigenvalue weighted by Crippen LogP contribution is 2.04. The summed E-state index contributed by atoms with van der Waals surface area (Å²) in [6.07, 6.45) is 4.31. The first-order valence-corrected chi connectivity index (χ1v) is 7.69. The van der Waals surface area contributed by atoms with E-state index in [1.165, 1.54) is 0 Å². The van der Waals surface area contributed by atoms with E-state index in [-0.39, 0.29) is 18.2 Å². The van der Waals surface area contributed by atoms with Crippen LogP contribution >= 0.6 is 0 Å². The lowest BCUT2D eigenvalue weighted by Gasteiger charge is -2.05. The lowest BCUT2D eigenvalue weighted by Crippen LogP contribution is -2.21. The van der Waals surface area contributed by atoms with Gasteiger partial charge < -0.3 is 5.32 Å². The van der Waals surface area contributed by atoms with E-state index in [0.29, 0.717) is 24.2 Å². The smallest absolute Gasteiger partial charge is 0.240 e. The number of pyridine rings is 1. The van der Waals surface area contributed by atoms with Crippen LogP contribution in [0.25, 0.3) is 0 Å². The highest BCUT2D eigenvalue weighted by atomic mass is 16.2. The molecule has 0 atom stereocenters. The molecule has 0 radical (unpaired) electrons. The van der Waals surface area contributed by atoms with Gasteiger partial charge in [0.2, 0.25) is 11.8 Å². The zero-order valence-electron chi connectivity index (χ0n) is 13.5. The minimum absolute atomic E-state index is 0.105. The number of amides is 2. The number of hydrazone groups is 1. The second kappa shape index (κ2) is 9.19. The molecule has 24 heavy (non-hydrogen) atoms. The maximum absolute atomic E-state index is 11.8. The number of aryl methyl sites for hydroxylation is 1. The van der Waals surface area contributed by atoms with Gasteiger partial charge >= 0.3 is 0 Å². The average molecular weight is 324 g/mol.